The van der Waals surface area contributed by atoms with Crippen LogP contribution in [0.5, 0.6) is 0 Å². The van der Waals surface area contributed by atoms with Crippen molar-refractivity contribution in [2.75, 3.05) is 19.6 Å². The molecule has 3 heterocycles. The highest BCUT2D eigenvalue weighted by Gasteiger charge is 2.32. The number of amides is 1. The molecule has 1 amide bonds. The Morgan fingerprint density at radius 3 is 2.67 bits per heavy atom. The molecule has 1 fully saturated rings. The second-order valence-electron chi connectivity index (χ2n) is 7.46. The SMILES string of the molecule is Cc1nc2ccccc2n1CCNC(=O)C1CCN(S(=O)(=O)c2cccnc2)CC1. The predicted octanol–water partition coefficient (Wildman–Crippen LogP) is 1.96. The summed E-state index contributed by atoms with van der Waals surface area (Å²) in [5, 5.41) is 3.00. The van der Waals surface area contributed by atoms with Gasteiger partial charge in [-0.1, -0.05) is 12.1 Å². The molecule has 0 atom stereocenters. The van der Waals surface area contributed by atoms with Gasteiger partial charge < -0.3 is 9.88 Å². The molecule has 0 radical (unpaired) electrons. The number of hydrogen-bond donors (Lipinski definition) is 1. The highest BCUT2D eigenvalue weighted by molar-refractivity contribution is 7.89. The molecule has 0 saturated carbocycles. The van der Waals surface area contributed by atoms with Gasteiger partial charge in [0.05, 0.1) is 11.0 Å². The van der Waals surface area contributed by atoms with Crippen molar-refractivity contribution in [3.05, 3.63) is 54.6 Å². The molecule has 1 aliphatic rings. The monoisotopic (exact) mass is 427 g/mol. The molecule has 8 nitrogen and oxygen atoms in total. The molecule has 1 aromatic carbocycles. The van der Waals surface area contributed by atoms with Crippen LogP contribution in [-0.2, 0) is 21.4 Å². The number of nitrogens with zero attached hydrogens (tertiary/aromatic N) is 4. The van der Waals surface area contributed by atoms with Crippen LogP contribution >= 0.6 is 0 Å². The predicted molar refractivity (Wildman–Crippen MR) is 113 cm³/mol. The van der Waals surface area contributed by atoms with E-state index in [1.165, 1.54) is 10.5 Å². The molecule has 1 aliphatic heterocycles. The smallest absolute Gasteiger partial charge is 0.244 e. The van der Waals surface area contributed by atoms with E-state index in [2.05, 4.69) is 19.9 Å². The number of benzene rings is 1. The maximum atomic E-state index is 12.7. The van der Waals surface area contributed by atoms with E-state index in [1.807, 2.05) is 31.2 Å². The second-order valence-corrected chi connectivity index (χ2v) is 9.40. The summed E-state index contributed by atoms with van der Waals surface area (Å²) in [4.78, 5) is 21.2. The van der Waals surface area contributed by atoms with Crippen molar-refractivity contribution in [3.8, 4) is 0 Å². The molecule has 30 heavy (non-hydrogen) atoms. The third-order valence-electron chi connectivity index (χ3n) is 5.58. The maximum absolute atomic E-state index is 12.7. The Kier molecular flexibility index (Phi) is 5.83. The average molecular weight is 428 g/mol. The molecule has 1 saturated heterocycles. The van der Waals surface area contributed by atoms with E-state index in [9.17, 15) is 13.2 Å². The molecular weight excluding hydrogens is 402 g/mol. The third-order valence-corrected chi connectivity index (χ3v) is 7.46. The lowest BCUT2D eigenvalue weighted by Crippen LogP contribution is -2.43. The number of carbonyl (C=O) groups excluding carboxylic acids is 1. The Balaban J connectivity index is 1.30. The molecule has 2 aromatic heterocycles. The fraction of sp³-hybridized carbons (Fsp3) is 0.381. The number of carbonyl (C=O) groups is 1. The van der Waals surface area contributed by atoms with Crippen molar-refractivity contribution in [1.82, 2.24) is 24.2 Å². The Morgan fingerprint density at radius 2 is 1.93 bits per heavy atom. The molecule has 4 rings (SSSR count). The van der Waals surface area contributed by atoms with Gasteiger partial charge in [0, 0.05) is 44.5 Å². The number of pyridine rings is 1. The zero-order valence-electron chi connectivity index (χ0n) is 16.9. The highest BCUT2D eigenvalue weighted by atomic mass is 32.2. The maximum Gasteiger partial charge on any atom is 0.244 e. The molecule has 3 aromatic rings. The minimum atomic E-state index is -3.55. The first-order valence-electron chi connectivity index (χ1n) is 10.1. The van der Waals surface area contributed by atoms with Crippen molar-refractivity contribution in [2.45, 2.75) is 31.2 Å². The van der Waals surface area contributed by atoms with Gasteiger partial charge in [-0.2, -0.15) is 4.31 Å². The number of rotatable bonds is 6. The number of hydrogen-bond acceptors (Lipinski definition) is 5. The van der Waals surface area contributed by atoms with E-state index < -0.39 is 10.0 Å². The summed E-state index contributed by atoms with van der Waals surface area (Å²) in [7, 11) is -3.55. The number of aryl methyl sites for hydroxylation is 1. The molecule has 0 unspecified atom stereocenters. The van der Waals surface area contributed by atoms with E-state index >= 15 is 0 Å². The molecule has 9 heteroatoms. The van der Waals surface area contributed by atoms with E-state index in [-0.39, 0.29) is 16.7 Å². The quantitative estimate of drug-likeness (QED) is 0.649. The summed E-state index contributed by atoms with van der Waals surface area (Å²) in [5.41, 5.74) is 2.00. The third kappa shape index (κ3) is 4.08. The van der Waals surface area contributed by atoms with E-state index in [1.54, 1.807) is 18.3 Å². The lowest BCUT2D eigenvalue weighted by molar-refractivity contribution is -0.126. The van der Waals surface area contributed by atoms with Gasteiger partial charge in [-0.3, -0.25) is 9.78 Å². The zero-order valence-corrected chi connectivity index (χ0v) is 17.7. The van der Waals surface area contributed by atoms with Crippen molar-refractivity contribution >= 4 is 27.0 Å². The van der Waals surface area contributed by atoms with Crippen LogP contribution in [0.4, 0.5) is 0 Å². The number of aromatic nitrogens is 3. The number of fused-ring (bicyclic) bond motifs is 1. The Morgan fingerprint density at radius 1 is 1.17 bits per heavy atom. The number of imidazole rings is 1. The molecule has 0 bridgehead atoms. The summed E-state index contributed by atoms with van der Waals surface area (Å²) < 4.78 is 28.9. The number of piperidine rings is 1. The summed E-state index contributed by atoms with van der Waals surface area (Å²) in [6.07, 6.45) is 3.93. The lowest BCUT2D eigenvalue weighted by Gasteiger charge is -2.30. The first-order valence-corrected chi connectivity index (χ1v) is 11.5. The van der Waals surface area contributed by atoms with Crippen LogP contribution in [0.1, 0.15) is 18.7 Å². The first-order chi connectivity index (χ1) is 14.5. The van der Waals surface area contributed by atoms with Crippen LogP contribution in [0.15, 0.2) is 53.7 Å². The largest absolute Gasteiger partial charge is 0.354 e. The van der Waals surface area contributed by atoms with Crippen LogP contribution in [0.3, 0.4) is 0 Å². The van der Waals surface area contributed by atoms with Crippen molar-refractivity contribution < 1.29 is 13.2 Å². The number of nitrogens with one attached hydrogen (secondary N) is 1. The molecule has 0 aliphatic carbocycles. The fourth-order valence-electron chi connectivity index (χ4n) is 3.92. The highest BCUT2D eigenvalue weighted by Crippen LogP contribution is 2.23. The van der Waals surface area contributed by atoms with Gasteiger partial charge in [0.1, 0.15) is 10.7 Å². The minimum Gasteiger partial charge on any atom is -0.354 e. The number of para-hydroxylation sites is 2. The van der Waals surface area contributed by atoms with Gasteiger partial charge in [-0.25, -0.2) is 13.4 Å². The minimum absolute atomic E-state index is 0.0181. The first kappa shape index (κ1) is 20.5. The van der Waals surface area contributed by atoms with Crippen molar-refractivity contribution in [3.63, 3.8) is 0 Å². The van der Waals surface area contributed by atoms with Gasteiger partial charge in [0.2, 0.25) is 15.9 Å². The summed E-state index contributed by atoms with van der Waals surface area (Å²) in [5.74, 6) is 0.723. The fourth-order valence-corrected chi connectivity index (χ4v) is 5.35. The van der Waals surface area contributed by atoms with Crippen LogP contribution in [0.2, 0.25) is 0 Å². The Labute approximate surface area is 176 Å². The normalized spacial score (nSPS) is 16.0. The van der Waals surface area contributed by atoms with Crippen LogP contribution in [-0.4, -0.2) is 52.8 Å². The topological polar surface area (TPSA) is 97.2 Å². The summed E-state index contributed by atoms with van der Waals surface area (Å²) in [6.45, 7) is 3.78. The van der Waals surface area contributed by atoms with Crippen molar-refractivity contribution in [2.24, 2.45) is 5.92 Å². The van der Waals surface area contributed by atoms with Gasteiger partial charge in [-0.05, 0) is 44.0 Å². The van der Waals surface area contributed by atoms with E-state index in [4.69, 9.17) is 0 Å². The van der Waals surface area contributed by atoms with E-state index in [0.29, 0.717) is 39.0 Å². The van der Waals surface area contributed by atoms with Gasteiger partial charge in [0.25, 0.3) is 0 Å². The summed E-state index contributed by atoms with van der Waals surface area (Å²) >= 11 is 0. The number of sulfonamides is 1. The molecule has 0 spiro atoms. The van der Waals surface area contributed by atoms with Gasteiger partial charge in [0.15, 0.2) is 0 Å². The average Bonchev–Trinajstić information content (AvgIpc) is 3.09. The standard InChI is InChI=1S/C21H25N5O3S/c1-16-24-19-6-2-3-7-20(19)26(16)14-11-23-21(27)17-8-12-25(13-9-17)30(28,29)18-5-4-10-22-15-18/h2-7,10,15,17H,8-9,11-14H2,1H3,(H,23,27). The van der Waals surface area contributed by atoms with Gasteiger partial charge in [-0.15, -0.1) is 0 Å². The second kappa shape index (κ2) is 8.53. The van der Waals surface area contributed by atoms with Crippen LogP contribution < -0.4 is 5.32 Å². The van der Waals surface area contributed by atoms with Crippen LogP contribution in [0, 0.1) is 12.8 Å². The van der Waals surface area contributed by atoms with E-state index in [0.717, 1.165) is 16.9 Å². The Hall–Kier alpha value is -2.78. The van der Waals surface area contributed by atoms with Crippen LogP contribution in [0.25, 0.3) is 11.0 Å². The molecule has 158 valence electrons. The molecular formula is C21H25N5O3S. The van der Waals surface area contributed by atoms with Gasteiger partial charge >= 0.3 is 0 Å². The Bertz CT molecular complexity index is 1140. The zero-order chi connectivity index (χ0) is 21.1. The molecule has 1 N–H and O–H groups in total. The van der Waals surface area contributed by atoms with Crippen molar-refractivity contribution in [1.29, 1.82) is 0 Å². The lowest BCUT2D eigenvalue weighted by atomic mass is 9.97. The summed E-state index contributed by atoms with van der Waals surface area (Å²) in [6, 6.07) is 11.1.